The number of nitrogens with zero attached hydrogens (tertiary/aromatic N) is 1. The average Bonchev–Trinajstić information content (AvgIpc) is 2.81. The standard InChI is InChI=1S/C27H31N3O2/c1-30(20-21-12-5-2-6-13-21)19-11-18-27(29,26(28)32)25(31)24(22-14-7-3-8-15-22)23-16-9-4-10-17-23/h2-10,12-17,24H,11,18-20,29H2,1H3,(H2,28,32)/t27-/m1/s1. The molecule has 0 heterocycles. The molecule has 5 nitrogen and oxygen atoms in total. The summed E-state index contributed by atoms with van der Waals surface area (Å²) in [5.41, 5.74) is 13.2. The molecule has 0 spiro atoms. The maximum atomic E-state index is 13.7. The number of carbonyl (C=O) groups excluding carboxylic acids is 2. The second-order valence-electron chi connectivity index (χ2n) is 8.28. The maximum Gasteiger partial charge on any atom is 0.245 e. The van der Waals surface area contributed by atoms with E-state index in [1.54, 1.807) is 0 Å². The van der Waals surface area contributed by atoms with Crippen molar-refractivity contribution in [3.8, 4) is 0 Å². The molecule has 0 aliphatic heterocycles. The predicted molar refractivity (Wildman–Crippen MR) is 128 cm³/mol. The van der Waals surface area contributed by atoms with Crippen LogP contribution >= 0.6 is 0 Å². The Morgan fingerprint density at radius 3 is 1.78 bits per heavy atom. The van der Waals surface area contributed by atoms with E-state index < -0.39 is 17.4 Å². The zero-order chi connectivity index (χ0) is 23.0. The molecule has 3 rings (SSSR count). The Hall–Kier alpha value is -3.28. The highest BCUT2D eigenvalue weighted by Gasteiger charge is 2.44. The van der Waals surface area contributed by atoms with Gasteiger partial charge in [0.05, 0.1) is 5.92 Å². The first kappa shape index (κ1) is 23.4. The van der Waals surface area contributed by atoms with Crippen LogP contribution in [0.3, 0.4) is 0 Å². The zero-order valence-corrected chi connectivity index (χ0v) is 18.5. The summed E-state index contributed by atoms with van der Waals surface area (Å²) in [5, 5.41) is 0. The predicted octanol–water partition coefficient (Wildman–Crippen LogP) is 3.48. The van der Waals surface area contributed by atoms with Crippen molar-refractivity contribution in [3.05, 3.63) is 108 Å². The molecular weight excluding hydrogens is 398 g/mol. The molecule has 0 saturated carbocycles. The highest BCUT2D eigenvalue weighted by atomic mass is 16.2. The number of Topliss-reactive ketones (excluding diaryl/α,β-unsaturated/α-hetero) is 1. The summed E-state index contributed by atoms with van der Waals surface area (Å²) in [5.74, 6) is -1.81. The lowest BCUT2D eigenvalue weighted by atomic mass is 9.76. The van der Waals surface area contributed by atoms with Crippen molar-refractivity contribution in [1.29, 1.82) is 0 Å². The van der Waals surface area contributed by atoms with E-state index in [1.807, 2.05) is 85.9 Å². The van der Waals surface area contributed by atoms with Gasteiger partial charge < -0.3 is 16.4 Å². The maximum absolute atomic E-state index is 13.7. The molecule has 0 aliphatic carbocycles. The van der Waals surface area contributed by atoms with Crippen molar-refractivity contribution < 1.29 is 9.59 Å². The Morgan fingerprint density at radius 2 is 1.31 bits per heavy atom. The second-order valence-corrected chi connectivity index (χ2v) is 8.28. The normalized spacial score (nSPS) is 13.1. The Morgan fingerprint density at radius 1 is 0.844 bits per heavy atom. The molecule has 5 heteroatoms. The van der Waals surface area contributed by atoms with Crippen molar-refractivity contribution in [2.24, 2.45) is 11.5 Å². The number of carbonyl (C=O) groups is 2. The van der Waals surface area contributed by atoms with Crippen LogP contribution in [-0.4, -0.2) is 35.7 Å². The summed E-state index contributed by atoms with van der Waals surface area (Å²) in [6.45, 7) is 1.47. The van der Waals surface area contributed by atoms with E-state index in [9.17, 15) is 9.59 Å². The van der Waals surface area contributed by atoms with Crippen LogP contribution < -0.4 is 11.5 Å². The van der Waals surface area contributed by atoms with E-state index in [-0.39, 0.29) is 12.2 Å². The van der Waals surface area contributed by atoms with Crippen LogP contribution in [0.1, 0.15) is 35.4 Å². The average molecular weight is 430 g/mol. The fourth-order valence-electron chi connectivity index (χ4n) is 4.01. The van der Waals surface area contributed by atoms with Gasteiger partial charge in [0.25, 0.3) is 0 Å². The molecule has 3 aromatic carbocycles. The molecule has 0 unspecified atom stereocenters. The fraction of sp³-hybridized carbons (Fsp3) is 0.259. The Bertz CT molecular complexity index is 969. The number of primary amides is 1. The van der Waals surface area contributed by atoms with Gasteiger partial charge in [-0.3, -0.25) is 9.59 Å². The Kier molecular flexibility index (Phi) is 7.92. The molecule has 4 N–H and O–H groups in total. The first-order valence-corrected chi connectivity index (χ1v) is 10.9. The summed E-state index contributed by atoms with van der Waals surface area (Å²) >= 11 is 0. The molecule has 1 amide bonds. The lowest BCUT2D eigenvalue weighted by Gasteiger charge is -2.30. The van der Waals surface area contributed by atoms with Gasteiger partial charge in [0.15, 0.2) is 11.3 Å². The SMILES string of the molecule is CN(CCC[C@](N)(C(N)=O)C(=O)C(c1ccccc1)c1ccccc1)Cc1ccccc1. The fourth-order valence-corrected chi connectivity index (χ4v) is 4.01. The van der Waals surface area contributed by atoms with Crippen LogP contribution in [0.15, 0.2) is 91.0 Å². The molecule has 3 aromatic rings. The Balaban J connectivity index is 1.77. The van der Waals surface area contributed by atoms with Crippen molar-refractivity contribution in [2.75, 3.05) is 13.6 Å². The Labute approximate surface area is 190 Å². The number of benzene rings is 3. The van der Waals surface area contributed by atoms with Crippen LogP contribution in [0.25, 0.3) is 0 Å². The van der Waals surface area contributed by atoms with Gasteiger partial charge in [-0.15, -0.1) is 0 Å². The van der Waals surface area contributed by atoms with Gasteiger partial charge >= 0.3 is 0 Å². The van der Waals surface area contributed by atoms with Crippen molar-refractivity contribution >= 4 is 11.7 Å². The van der Waals surface area contributed by atoms with Gasteiger partial charge in [0, 0.05) is 6.54 Å². The quantitative estimate of drug-likeness (QED) is 0.457. The summed E-state index contributed by atoms with van der Waals surface area (Å²) < 4.78 is 0. The molecule has 0 bridgehead atoms. The molecule has 0 aromatic heterocycles. The number of hydrogen-bond donors (Lipinski definition) is 2. The van der Waals surface area contributed by atoms with E-state index >= 15 is 0 Å². The molecular formula is C27H31N3O2. The van der Waals surface area contributed by atoms with Crippen LogP contribution in [0, 0.1) is 0 Å². The van der Waals surface area contributed by atoms with E-state index in [4.69, 9.17) is 11.5 Å². The van der Waals surface area contributed by atoms with Crippen LogP contribution in [0.2, 0.25) is 0 Å². The summed E-state index contributed by atoms with van der Waals surface area (Å²) in [4.78, 5) is 28.3. The lowest BCUT2D eigenvalue weighted by molar-refractivity contribution is -0.135. The van der Waals surface area contributed by atoms with E-state index in [0.29, 0.717) is 13.0 Å². The molecule has 1 atom stereocenters. The second kappa shape index (κ2) is 10.8. The summed E-state index contributed by atoms with van der Waals surface area (Å²) in [6.07, 6.45) is 0.765. The third-order valence-corrected chi connectivity index (χ3v) is 5.81. The third kappa shape index (κ3) is 5.69. The topological polar surface area (TPSA) is 89.4 Å². The third-order valence-electron chi connectivity index (χ3n) is 5.81. The van der Waals surface area contributed by atoms with Gasteiger partial charge in [-0.25, -0.2) is 0 Å². The monoisotopic (exact) mass is 429 g/mol. The lowest BCUT2D eigenvalue weighted by Crippen LogP contribution is -2.60. The van der Waals surface area contributed by atoms with E-state index in [2.05, 4.69) is 17.0 Å². The first-order valence-electron chi connectivity index (χ1n) is 10.9. The number of ketones is 1. The minimum atomic E-state index is -1.75. The van der Waals surface area contributed by atoms with Crippen LogP contribution in [0.4, 0.5) is 0 Å². The highest BCUT2D eigenvalue weighted by molar-refractivity contribution is 6.13. The minimum Gasteiger partial charge on any atom is -0.368 e. The minimum absolute atomic E-state index is 0.191. The van der Waals surface area contributed by atoms with Crippen molar-refractivity contribution in [1.82, 2.24) is 4.90 Å². The van der Waals surface area contributed by atoms with Gasteiger partial charge in [0.2, 0.25) is 5.91 Å². The molecule has 0 saturated heterocycles. The first-order chi connectivity index (χ1) is 15.4. The largest absolute Gasteiger partial charge is 0.368 e. The smallest absolute Gasteiger partial charge is 0.245 e. The number of hydrogen-bond acceptors (Lipinski definition) is 4. The molecule has 0 radical (unpaired) electrons. The van der Waals surface area contributed by atoms with E-state index in [0.717, 1.165) is 17.7 Å². The number of rotatable bonds is 11. The molecule has 0 aliphatic rings. The van der Waals surface area contributed by atoms with Crippen molar-refractivity contribution in [2.45, 2.75) is 30.8 Å². The van der Waals surface area contributed by atoms with Gasteiger partial charge in [0.1, 0.15) is 0 Å². The van der Waals surface area contributed by atoms with Crippen molar-refractivity contribution in [3.63, 3.8) is 0 Å². The van der Waals surface area contributed by atoms with Gasteiger partial charge in [-0.05, 0) is 43.1 Å². The van der Waals surface area contributed by atoms with Crippen LogP contribution in [-0.2, 0) is 16.1 Å². The van der Waals surface area contributed by atoms with Crippen LogP contribution in [0.5, 0.6) is 0 Å². The zero-order valence-electron chi connectivity index (χ0n) is 18.5. The number of amides is 1. The van der Waals surface area contributed by atoms with Gasteiger partial charge in [-0.2, -0.15) is 0 Å². The molecule has 32 heavy (non-hydrogen) atoms. The summed E-state index contributed by atoms with van der Waals surface area (Å²) in [7, 11) is 2.01. The summed E-state index contributed by atoms with van der Waals surface area (Å²) in [6, 6.07) is 28.9. The molecule has 0 fully saturated rings. The van der Waals surface area contributed by atoms with E-state index in [1.165, 1.54) is 5.56 Å². The number of nitrogens with two attached hydrogens (primary N) is 2. The highest BCUT2D eigenvalue weighted by Crippen LogP contribution is 2.30. The molecule has 166 valence electrons. The van der Waals surface area contributed by atoms with Gasteiger partial charge in [-0.1, -0.05) is 91.0 Å².